The maximum Gasteiger partial charge on any atom is 0.216 e. The highest BCUT2D eigenvalue weighted by atomic mass is 19.1. The van der Waals surface area contributed by atoms with Crippen molar-refractivity contribution in [3.63, 3.8) is 0 Å². The second kappa shape index (κ2) is 1.03. The van der Waals surface area contributed by atoms with Crippen LogP contribution in [0.4, 0.5) is 4.39 Å². The molecule has 0 radical (unpaired) electrons. The van der Waals surface area contributed by atoms with Crippen molar-refractivity contribution in [3.8, 4) is 0 Å². The number of halogens is 1. The van der Waals surface area contributed by atoms with Crippen LogP contribution in [0.2, 0.25) is 0 Å². The zero-order valence-corrected chi connectivity index (χ0v) is 3.52. The molecule has 1 nitrogen and oxygen atoms in total. The van der Waals surface area contributed by atoms with E-state index in [0.29, 0.717) is 13.1 Å². The Labute approximate surface area is 36.1 Å². The largest absolute Gasteiger partial charge is 0.236 e. The van der Waals surface area contributed by atoms with Gasteiger partial charge in [-0.2, -0.15) is 0 Å². The second-order valence-electron chi connectivity index (χ2n) is 1.63. The Morgan fingerprint density at radius 3 is 2.17 bits per heavy atom. The Morgan fingerprint density at radius 2 is 2.17 bits per heavy atom. The van der Waals surface area contributed by atoms with Crippen LogP contribution in [0.3, 0.4) is 0 Å². The minimum Gasteiger partial charge on any atom is -0.236 e. The molecule has 0 unspecified atom stereocenters. The van der Waals surface area contributed by atoms with Gasteiger partial charge in [0.25, 0.3) is 0 Å². The minimum atomic E-state index is -0.595. The third kappa shape index (κ3) is 0.421. The lowest BCUT2D eigenvalue weighted by molar-refractivity contribution is -0.593. The maximum absolute atomic E-state index is 11.7. The second-order valence-corrected chi connectivity index (χ2v) is 1.63. The molecule has 2 heteroatoms. The Morgan fingerprint density at radius 1 is 1.67 bits per heavy atom. The van der Waals surface area contributed by atoms with Crippen molar-refractivity contribution in [2.45, 2.75) is 6.17 Å². The van der Waals surface area contributed by atoms with E-state index in [1.54, 1.807) is 4.58 Å². The van der Waals surface area contributed by atoms with Gasteiger partial charge in [0.05, 0.1) is 0 Å². The molecule has 0 aromatic heterocycles. The van der Waals surface area contributed by atoms with Crippen molar-refractivity contribution in [1.82, 2.24) is 0 Å². The van der Waals surface area contributed by atoms with E-state index >= 15 is 0 Å². The van der Waals surface area contributed by atoms with Gasteiger partial charge in [0.2, 0.25) is 6.17 Å². The van der Waals surface area contributed by atoms with Crippen LogP contribution in [-0.4, -0.2) is 30.6 Å². The molecule has 0 spiro atoms. The van der Waals surface area contributed by atoms with Crippen molar-refractivity contribution in [2.24, 2.45) is 0 Å². The minimum absolute atomic E-state index is 0.528. The highest BCUT2D eigenvalue weighted by Gasteiger charge is 2.27. The summed E-state index contributed by atoms with van der Waals surface area (Å²) in [6.07, 6.45) is -0.595. The molecule has 1 saturated heterocycles. The highest BCUT2D eigenvalue weighted by molar-refractivity contribution is 5.15. The first-order valence-corrected chi connectivity index (χ1v) is 1.98. The van der Waals surface area contributed by atoms with E-state index in [4.69, 9.17) is 0 Å². The molecular weight excluding hydrogens is 81.0 g/mol. The van der Waals surface area contributed by atoms with Crippen LogP contribution in [0.15, 0.2) is 0 Å². The van der Waals surface area contributed by atoms with Gasteiger partial charge < -0.3 is 0 Å². The SMILES string of the molecule is C=[N+]1CC(F)C1. The maximum atomic E-state index is 11.7. The monoisotopic (exact) mass is 88.1 g/mol. The first-order valence-electron chi connectivity index (χ1n) is 1.98. The van der Waals surface area contributed by atoms with Gasteiger partial charge in [0.15, 0.2) is 13.1 Å². The van der Waals surface area contributed by atoms with Crippen LogP contribution in [0.25, 0.3) is 0 Å². The average Bonchev–Trinajstić information content (AvgIpc) is 1.33. The fraction of sp³-hybridized carbons (Fsp3) is 0.750. The Balaban J connectivity index is 2.28. The van der Waals surface area contributed by atoms with E-state index in [-0.39, 0.29) is 0 Å². The molecule has 0 saturated carbocycles. The standard InChI is InChI=1S/C4H7FN/c1-6-2-4(5)3-6/h4H,1-3H2/q+1. The molecule has 0 aliphatic carbocycles. The zero-order valence-electron chi connectivity index (χ0n) is 3.52. The van der Waals surface area contributed by atoms with Crippen molar-refractivity contribution >= 4 is 6.72 Å². The molecule has 1 aliphatic rings. The third-order valence-electron chi connectivity index (χ3n) is 0.913. The van der Waals surface area contributed by atoms with E-state index in [0.717, 1.165) is 0 Å². The van der Waals surface area contributed by atoms with Crippen LogP contribution in [0.5, 0.6) is 0 Å². The molecule has 0 atom stereocenters. The molecule has 0 N–H and O–H groups in total. The molecule has 1 fully saturated rings. The quantitative estimate of drug-likeness (QED) is 0.368. The number of hydrogen-bond acceptors (Lipinski definition) is 0. The summed E-state index contributed by atoms with van der Waals surface area (Å²) < 4.78 is 13.4. The average molecular weight is 88.1 g/mol. The van der Waals surface area contributed by atoms with Gasteiger partial charge in [-0.05, 0) is 0 Å². The predicted molar refractivity (Wildman–Crippen MR) is 22.0 cm³/mol. The molecular formula is C4H7FN+. The van der Waals surface area contributed by atoms with Gasteiger partial charge in [-0.15, -0.1) is 0 Å². The summed E-state index contributed by atoms with van der Waals surface area (Å²) in [5.74, 6) is 0. The summed E-state index contributed by atoms with van der Waals surface area (Å²) in [5.41, 5.74) is 0. The summed E-state index contributed by atoms with van der Waals surface area (Å²) >= 11 is 0. The molecule has 1 heterocycles. The van der Waals surface area contributed by atoms with Gasteiger partial charge >= 0.3 is 0 Å². The topological polar surface area (TPSA) is 3.01 Å². The molecule has 34 valence electrons. The van der Waals surface area contributed by atoms with E-state index in [1.807, 2.05) is 0 Å². The smallest absolute Gasteiger partial charge is 0.216 e. The van der Waals surface area contributed by atoms with Gasteiger partial charge in [0, 0.05) is 0 Å². The van der Waals surface area contributed by atoms with Crippen molar-refractivity contribution in [2.75, 3.05) is 13.1 Å². The molecule has 0 amide bonds. The van der Waals surface area contributed by atoms with E-state index in [1.165, 1.54) is 0 Å². The van der Waals surface area contributed by atoms with E-state index in [2.05, 4.69) is 6.72 Å². The van der Waals surface area contributed by atoms with Crippen LogP contribution in [-0.2, 0) is 0 Å². The van der Waals surface area contributed by atoms with Crippen LogP contribution < -0.4 is 0 Å². The van der Waals surface area contributed by atoms with Crippen LogP contribution in [0.1, 0.15) is 0 Å². The fourth-order valence-corrected chi connectivity index (χ4v) is 0.507. The first kappa shape index (κ1) is 3.78. The fourth-order valence-electron chi connectivity index (χ4n) is 0.507. The molecule has 1 rings (SSSR count). The first-order chi connectivity index (χ1) is 2.79. The highest BCUT2D eigenvalue weighted by Crippen LogP contribution is 2.01. The zero-order chi connectivity index (χ0) is 4.57. The molecule has 0 aromatic rings. The normalized spacial score (nSPS) is 23.8. The number of nitrogens with zero attached hydrogens (tertiary/aromatic N) is 1. The lowest BCUT2D eigenvalue weighted by Gasteiger charge is -2.12. The van der Waals surface area contributed by atoms with Gasteiger partial charge in [-0.1, -0.05) is 0 Å². The van der Waals surface area contributed by atoms with Crippen molar-refractivity contribution < 1.29 is 8.97 Å². The van der Waals surface area contributed by atoms with Gasteiger partial charge in [0.1, 0.15) is 6.72 Å². The molecule has 6 heavy (non-hydrogen) atoms. The van der Waals surface area contributed by atoms with Crippen LogP contribution >= 0.6 is 0 Å². The summed E-state index contributed by atoms with van der Waals surface area (Å²) in [4.78, 5) is 0. The summed E-state index contributed by atoms with van der Waals surface area (Å²) in [6, 6.07) is 0. The number of alkyl halides is 1. The summed E-state index contributed by atoms with van der Waals surface area (Å²) in [7, 11) is 0. The predicted octanol–water partition coefficient (Wildman–Crippen LogP) is 0.0512. The number of hydrogen-bond donors (Lipinski definition) is 0. The van der Waals surface area contributed by atoms with Gasteiger partial charge in [-0.25, -0.2) is 8.97 Å². The van der Waals surface area contributed by atoms with E-state index in [9.17, 15) is 4.39 Å². The molecule has 0 bridgehead atoms. The summed E-state index contributed by atoms with van der Waals surface area (Å²) in [5, 5.41) is 0. The van der Waals surface area contributed by atoms with Crippen molar-refractivity contribution in [1.29, 1.82) is 0 Å². The lowest BCUT2D eigenvalue weighted by atomic mass is 10.2. The third-order valence-corrected chi connectivity index (χ3v) is 0.913. The Kier molecular flexibility index (Phi) is 0.650. The van der Waals surface area contributed by atoms with E-state index < -0.39 is 6.17 Å². The van der Waals surface area contributed by atoms with Crippen LogP contribution in [0, 0.1) is 0 Å². The van der Waals surface area contributed by atoms with Crippen molar-refractivity contribution in [3.05, 3.63) is 0 Å². The summed E-state index contributed by atoms with van der Waals surface area (Å²) in [6.45, 7) is 4.54. The molecule has 0 aromatic carbocycles. The Hall–Kier alpha value is -0.400. The lowest BCUT2D eigenvalue weighted by Crippen LogP contribution is -2.39. The Bertz CT molecular complexity index is 71.6. The van der Waals surface area contributed by atoms with Gasteiger partial charge in [-0.3, -0.25) is 0 Å². The molecule has 1 aliphatic heterocycles. The number of rotatable bonds is 0.